The molecule has 1 aromatic rings. The molecule has 2 rings (SSSR count). The lowest BCUT2D eigenvalue weighted by Gasteiger charge is -2.31. The first-order valence-corrected chi connectivity index (χ1v) is 9.39. The predicted octanol–water partition coefficient (Wildman–Crippen LogP) is 2.14. The maximum atomic E-state index is 12.8. The van der Waals surface area contributed by atoms with Crippen LogP contribution in [-0.4, -0.2) is 53.1 Å². The topological polar surface area (TPSA) is 67.9 Å². The number of benzene rings is 1. The first kappa shape index (κ1) is 21.0. The van der Waals surface area contributed by atoms with Crippen LogP contribution in [0.25, 0.3) is 0 Å². The van der Waals surface area contributed by atoms with Crippen LogP contribution in [-0.2, 0) is 10.0 Å². The minimum absolute atomic E-state index is 0. The van der Waals surface area contributed by atoms with Gasteiger partial charge in [0.1, 0.15) is 11.5 Å². The van der Waals surface area contributed by atoms with E-state index in [4.69, 9.17) is 9.47 Å². The molecule has 138 valence electrons. The van der Waals surface area contributed by atoms with Gasteiger partial charge in [0.25, 0.3) is 0 Å². The summed E-state index contributed by atoms with van der Waals surface area (Å²) in [6, 6.07) is 4.76. The van der Waals surface area contributed by atoms with Crippen LogP contribution >= 0.6 is 12.4 Å². The van der Waals surface area contributed by atoms with Crippen LogP contribution in [0.2, 0.25) is 0 Å². The Morgan fingerprint density at radius 3 is 2.12 bits per heavy atom. The molecule has 0 unspecified atom stereocenters. The molecule has 1 N–H and O–H groups in total. The van der Waals surface area contributed by atoms with E-state index < -0.39 is 10.0 Å². The van der Waals surface area contributed by atoms with Crippen molar-refractivity contribution >= 4 is 22.4 Å². The molecule has 1 aliphatic heterocycles. The lowest BCUT2D eigenvalue weighted by Crippen LogP contribution is -2.40. The van der Waals surface area contributed by atoms with Gasteiger partial charge in [-0.05, 0) is 31.8 Å². The van der Waals surface area contributed by atoms with Crippen molar-refractivity contribution < 1.29 is 17.9 Å². The Labute approximate surface area is 151 Å². The fraction of sp³-hybridized carbons (Fsp3) is 0.625. The molecule has 0 bridgehead atoms. The molecule has 0 aromatic heterocycles. The van der Waals surface area contributed by atoms with Gasteiger partial charge in [0.2, 0.25) is 10.0 Å². The van der Waals surface area contributed by atoms with Gasteiger partial charge in [-0.15, -0.1) is 12.4 Å². The number of hydrogen-bond acceptors (Lipinski definition) is 5. The molecule has 6 nitrogen and oxygen atoms in total. The van der Waals surface area contributed by atoms with Gasteiger partial charge >= 0.3 is 0 Å². The van der Waals surface area contributed by atoms with Crippen molar-refractivity contribution in [1.29, 1.82) is 0 Å². The van der Waals surface area contributed by atoms with Gasteiger partial charge < -0.3 is 14.8 Å². The number of sulfonamides is 1. The summed E-state index contributed by atoms with van der Waals surface area (Å²) in [7, 11) is -0.496. The lowest BCUT2D eigenvalue weighted by molar-refractivity contribution is 0.268. The quantitative estimate of drug-likeness (QED) is 0.787. The molecule has 1 heterocycles. The van der Waals surface area contributed by atoms with Gasteiger partial charge in [0.15, 0.2) is 0 Å². The Balaban J connectivity index is 0.00000288. The lowest BCUT2D eigenvalue weighted by atomic mass is 9.98. The zero-order valence-corrected chi connectivity index (χ0v) is 16.1. The SMILES string of the molecule is CCNCC1CCN(S(=O)(=O)c2cc(OC)cc(OC)c2)CC1.Cl. The molecule has 0 radical (unpaired) electrons. The standard InChI is InChI=1S/C16H26N2O4S.ClH/c1-4-17-12-13-5-7-18(8-6-13)23(19,20)16-10-14(21-2)9-15(11-16)22-3;/h9-11,13,17H,4-8,12H2,1-3H3;1H. The molecule has 24 heavy (non-hydrogen) atoms. The fourth-order valence-corrected chi connectivity index (χ4v) is 4.30. The molecular weight excluding hydrogens is 352 g/mol. The maximum absolute atomic E-state index is 12.8. The third kappa shape index (κ3) is 4.99. The molecule has 1 aliphatic rings. The zero-order valence-electron chi connectivity index (χ0n) is 14.4. The molecule has 0 saturated carbocycles. The molecule has 0 atom stereocenters. The van der Waals surface area contributed by atoms with Crippen molar-refractivity contribution in [2.45, 2.75) is 24.7 Å². The van der Waals surface area contributed by atoms with Gasteiger partial charge in [-0.1, -0.05) is 6.92 Å². The number of ether oxygens (including phenoxy) is 2. The third-order valence-corrected chi connectivity index (χ3v) is 6.10. The van der Waals surface area contributed by atoms with E-state index in [1.165, 1.54) is 14.2 Å². The van der Waals surface area contributed by atoms with Gasteiger partial charge in [0, 0.05) is 31.3 Å². The van der Waals surface area contributed by atoms with E-state index in [0.717, 1.165) is 25.9 Å². The van der Waals surface area contributed by atoms with E-state index in [1.54, 1.807) is 22.5 Å². The van der Waals surface area contributed by atoms with E-state index in [0.29, 0.717) is 30.5 Å². The highest BCUT2D eigenvalue weighted by atomic mass is 35.5. The van der Waals surface area contributed by atoms with Crippen molar-refractivity contribution in [2.24, 2.45) is 5.92 Å². The molecule has 0 aliphatic carbocycles. The Hall–Kier alpha value is -1.02. The molecule has 8 heteroatoms. The Bertz CT molecular complexity index is 594. The first-order chi connectivity index (χ1) is 11.0. The number of hydrogen-bond donors (Lipinski definition) is 1. The zero-order chi connectivity index (χ0) is 16.9. The second kappa shape index (κ2) is 9.46. The van der Waals surface area contributed by atoms with Crippen LogP contribution in [0, 0.1) is 5.92 Å². The van der Waals surface area contributed by atoms with E-state index in [9.17, 15) is 8.42 Å². The highest BCUT2D eigenvalue weighted by Gasteiger charge is 2.30. The minimum atomic E-state index is -3.52. The first-order valence-electron chi connectivity index (χ1n) is 7.95. The second-order valence-electron chi connectivity index (χ2n) is 5.70. The molecule has 0 amide bonds. The summed E-state index contributed by atoms with van der Waals surface area (Å²) in [5, 5.41) is 3.33. The number of halogens is 1. The van der Waals surface area contributed by atoms with Gasteiger partial charge in [-0.2, -0.15) is 4.31 Å². The van der Waals surface area contributed by atoms with Crippen LogP contribution in [0.5, 0.6) is 11.5 Å². The van der Waals surface area contributed by atoms with Crippen molar-refractivity contribution in [1.82, 2.24) is 9.62 Å². The number of piperidine rings is 1. The van der Waals surface area contributed by atoms with Crippen LogP contribution in [0.1, 0.15) is 19.8 Å². The van der Waals surface area contributed by atoms with E-state index in [-0.39, 0.29) is 17.3 Å². The van der Waals surface area contributed by atoms with Gasteiger partial charge in [0.05, 0.1) is 19.1 Å². The van der Waals surface area contributed by atoms with Crippen molar-refractivity contribution in [3.05, 3.63) is 18.2 Å². The molecular formula is C16H27ClN2O4S. The molecule has 1 saturated heterocycles. The van der Waals surface area contributed by atoms with E-state index in [1.807, 2.05) is 0 Å². The van der Waals surface area contributed by atoms with Crippen molar-refractivity contribution in [3.63, 3.8) is 0 Å². The van der Waals surface area contributed by atoms with E-state index in [2.05, 4.69) is 12.2 Å². The number of rotatable bonds is 7. The Morgan fingerprint density at radius 2 is 1.67 bits per heavy atom. The summed E-state index contributed by atoms with van der Waals surface area (Å²) in [5.74, 6) is 1.50. The molecule has 1 fully saturated rings. The summed E-state index contributed by atoms with van der Waals surface area (Å²) < 4.78 is 37.6. The Kier molecular flexibility index (Phi) is 8.29. The fourth-order valence-electron chi connectivity index (χ4n) is 2.78. The van der Waals surface area contributed by atoms with Crippen molar-refractivity contribution in [3.8, 4) is 11.5 Å². The largest absolute Gasteiger partial charge is 0.497 e. The summed E-state index contributed by atoms with van der Waals surface area (Å²) in [6.07, 6.45) is 1.76. The van der Waals surface area contributed by atoms with Gasteiger partial charge in [-0.3, -0.25) is 0 Å². The third-order valence-electron chi connectivity index (χ3n) is 4.22. The van der Waals surface area contributed by atoms with Crippen LogP contribution in [0.4, 0.5) is 0 Å². The molecule has 1 aromatic carbocycles. The Morgan fingerprint density at radius 1 is 1.12 bits per heavy atom. The average Bonchev–Trinajstić information content (AvgIpc) is 2.59. The number of methoxy groups -OCH3 is 2. The van der Waals surface area contributed by atoms with Gasteiger partial charge in [-0.25, -0.2) is 8.42 Å². The highest BCUT2D eigenvalue weighted by molar-refractivity contribution is 7.89. The van der Waals surface area contributed by atoms with Crippen LogP contribution in [0.15, 0.2) is 23.1 Å². The number of nitrogens with zero attached hydrogens (tertiary/aromatic N) is 1. The minimum Gasteiger partial charge on any atom is -0.497 e. The predicted molar refractivity (Wildman–Crippen MR) is 96.8 cm³/mol. The highest BCUT2D eigenvalue weighted by Crippen LogP contribution is 2.29. The van der Waals surface area contributed by atoms with Crippen molar-refractivity contribution in [2.75, 3.05) is 40.4 Å². The normalized spacial score (nSPS) is 16.5. The smallest absolute Gasteiger partial charge is 0.243 e. The van der Waals surface area contributed by atoms with E-state index >= 15 is 0 Å². The summed E-state index contributed by atoms with van der Waals surface area (Å²) in [5.41, 5.74) is 0. The average molecular weight is 379 g/mol. The summed E-state index contributed by atoms with van der Waals surface area (Å²) in [4.78, 5) is 0.221. The second-order valence-corrected chi connectivity index (χ2v) is 7.64. The van der Waals surface area contributed by atoms with Crippen LogP contribution < -0.4 is 14.8 Å². The molecule has 0 spiro atoms. The summed E-state index contributed by atoms with van der Waals surface area (Å²) in [6.45, 7) is 5.09. The summed E-state index contributed by atoms with van der Waals surface area (Å²) >= 11 is 0. The van der Waals surface area contributed by atoms with Crippen LogP contribution in [0.3, 0.4) is 0 Å². The maximum Gasteiger partial charge on any atom is 0.243 e. The monoisotopic (exact) mass is 378 g/mol. The number of nitrogens with one attached hydrogen (secondary N) is 1.